The Morgan fingerprint density at radius 2 is 0.210 bits per heavy atom. The van der Waals surface area contributed by atoms with Crippen LogP contribution < -0.4 is 14.7 Å². The molecular weight excluding hydrogens is 979 g/mol. The summed E-state index contributed by atoms with van der Waals surface area (Å²) in [5.74, 6) is 0. The molecule has 13 aromatic carbocycles. The maximum absolute atomic E-state index is 2.34. The Morgan fingerprint density at radius 1 is 0.0988 bits per heavy atom. The van der Waals surface area contributed by atoms with Gasteiger partial charge in [-0.05, 0) is 176 Å². The summed E-state index contributed by atoms with van der Waals surface area (Å²) in [7, 11) is 0. The molecule has 0 fully saturated rings. The van der Waals surface area contributed by atoms with Crippen LogP contribution in [0.3, 0.4) is 0 Å². The molecule has 13 rings (SSSR count). The monoisotopic (exact) mass is 1040 g/mol. The van der Waals surface area contributed by atoms with Crippen LogP contribution in [0, 0.1) is 0 Å². The predicted octanol–water partition coefficient (Wildman–Crippen LogP) is 22.1. The lowest BCUT2D eigenvalue weighted by Crippen LogP contribution is -2.10. The molecule has 0 aliphatic carbocycles. The maximum Gasteiger partial charge on any atom is 0.0462 e. The van der Waals surface area contributed by atoms with Crippen molar-refractivity contribution < 1.29 is 0 Å². The van der Waals surface area contributed by atoms with E-state index in [4.69, 9.17) is 0 Å². The van der Waals surface area contributed by atoms with Crippen LogP contribution in [0.4, 0.5) is 51.2 Å². The molecule has 0 N–H and O–H groups in total. The zero-order valence-corrected chi connectivity index (χ0v) is 44.8. The van der Waals surface area contributed by atoms with Crippen LogP contribution in [0.25, 0.3) is 66.8 Å². The second-order valence-corrected chi connectivity index (χ2v) is 20.2. The molecular formula is C78H57N3. The van der Waals surface area contributed by atoms with Crippen LogP contribution in [-0.4, -0.2) is 0 Å². The van der Waals surface area contributed by atoms with Crippen molar-refractivity contribution in [3.05, 3.63) is 346 Å². The van der Waals surface area contributed by atoms with E-state index < -0.39 is 0 Å². The van der Waals surface area contributed by atoms with Gasteiger partial charge in [0, 0.05) is 51.2 Å². The van der Waals surface area contributed by atoms with Crippen molar-refractivity contribution in [1.82, 2.24) is 0 Å². The first-order valence-electron chi connectivity index (χ1n) is 27.6. The molecule has 0 aliphatic rings. The van der Waals surface area contributed by atoms with E-state index in [0.29, 0.717) is 0 Å². The molecule has 0 bridgehead atoms. The molecule has 0 heterocycles. The van der Waals surface area contributed by atoms with E-state index in [1.807, 2.05) is 0 Å². The average molecular weight is 1040 g/mol. The summed E-state index contributed by atoms with van der Waals surface area (Å²) >= 11 is 0. The van der Waals surface area contributed by atoms with E-state index in [1.165, 1.54) is 44.5 Å². The Hall–Kier alpha value is -10.7. The van der Waals surface area contributed by atoms with Gasteiger partial charge in [-0.2, -0.15) is 0 Å². The number of para-hydroxylation sites is 1. The fourth-order valence-corrected chi connectivity index (χ4v) is 10.9. The van der Waals surface area contributed by atoms with Gasteiger partial charge in [-0.15, -0.1) is 0 Å². The number of nitrogens with zero attached hydrogens (tertiary/aromatic N) is 3. The molecule has 0 unspecified atom stereocenters. The van der Waals surface area contributed by atoms with Gasteiger partial charge >= 0.3 is 0 Å². The van der Waals surface area contributed by atoms with Gasteiger partial charge in [0.05, 0.1) is 0 Å². The molecule has 3 heteroatoms. The normalized spacial score (nSPS) is 11.0. The third-order valence-electron chi connectivity index (χ3n) is 15.1. The number of benzene rings is 13. The third-order valence-corrected chi connectivity index (χ3v) is 15.1. The van der Waals surface area contributed by atoms with Gasteiger partial charge in [0.15, 0.2) is 0 Å². The van der Waals surface area contributed by atoms with Crippen LogP contribution in [0.5, 0.6) is 0 Å². The third kappa shape index (κ3) is 10.9. The molecule has 0 amide bonds. The van der Waals surface area contributed by atoms with E-state index in [0.717, 1.165) is 73.4 Å². The summed E-state index contributed by atoms with van der Waals surface area (Å²) in [6, 6.07) is 124. The van der Waals surface area contributed by atoms with E-state index in [1.54, 1.807) is 0 Å². The molecule has 384 valence electrons. The molecule has 0 aromatic heterocycles. The van der Waals surface area contributed by atoms with Gasteiger partial charge < -0.3 is 14.7 Å². The van der Waals surface area contributed by atoms with Crippen molar-refractivity contribution in [2.75, 3.05) is 14.7 Å². The number of rotatable bonds is 15. The van der Waals surface area contributed by atoms with Gasteiger partial charge in [0.25, 0.3) is 0 Å². The van der Waals surface area contributed by atoms with Gasteiger partial charge in [0.2, 0.25) is 0 Å². The van der Waals surface area contributed by atoms with Gasteiger partial charge in [-0.1, -0.05) is 237 Å². The molecule has 0 atom stereocenters. The van der Waals surface area contributed by atoms with Crippen molar-refractivity contribution in [3.63, 3.8) is 0 Å². The van der Waals surface area contributed by atoms with Crippen molar-refractivity contribution in [1.29, 1.82) is 0 Å². The van der Waals surface area contributed by atoms with E-state index in [-0.39, 0.29) is 0 Å². The molecule has 0 saturated carbocycles. The molecule has 13 aromatic rings. The number of hydrogen-bond donors (Lipinski definition) is 0. The second kappa shape index (κ2) is 23.1. The van der Waals surface area contributed by atoms with Gasteiger partial charge in [-0.25, -0.2) is 0 Å². The van der Waals surface area contributed by atoms with Crippen LogP contribution >= 0.6 is 0 Å². The van der Waals surface area contributed by atoms with E-state index >= 15 is 0 Å². The van der Waals surface area contributed by atoms with E-state index in [2.05, 4.69) is 360 Å². The van der Waals surface area contributed by atoms with E-state index in [9.17, 15) is 0 Å². The highest BCUT2D eigenvalue weighted by molar-refractivity contribution is 5.85. The van der Waals surface area contributed by atoms with Crippen molar-refractivity contribution in [3.8, 4) is 66.8 Å². The summed E-state index contributed by atoms with van der Waals surface area (Å²) in [5, 5.41) is 0. The first-order chi connectivity index (χ1) is 40.1. The largest absolute Gasteiger partial charge is 0.311 e. The first-order valence-corrected chi connectivity index (χ1v) is 27.6. The van der Waals surface area contributed by atoms with Crippen molar-refractivity contribution in [2.24, 2.45) is 0 Å². The minimum Gasteiger partial charge on any atom is -0.311 e. The summed E-state index contributed by atoms with van der Waals surface area (Å²) in [5.41, 5.74) is 24.0. The highest BCUT2D eigenvalue weighted by atomic mass is 15.2. The fraction of sp³-hybridized carbons (Fsp3) is 0. The zero-order chi connectivity index (χ0) is 54.2. The number of anilines is 9. The number of hydrogen-bond acceptors (Lipinski definition) is 3. The van der Waals surface area contributed by atoms with Crippen LogP contribution in [0.1, 0.15) is 0 Å². The first kappa shape index (κ1) is 49.8. The standard InChI is InChI=1S/C78H57N3/c1-6-16-58(17-7-1)62-26-42-73(43-27-62)80(74-44-28-63(29-45-74)59-18-8-2-9-19-59)77-54-38-68(39-55-77)66-34-50-71(51-35-66)79(70-24-14-5-15-25-70)72-52-36-67(37-53-72)69-40-56-78(57-41-69)81(75-46-30-64(31-47-75)60-20-10-3-11-21-60)76-48-32-65(33-49-76)61-22-12-4-13-23-61/h1-57H. The zero-order valence-electron chi connectivity index (χ0n) is 44.8. The second-order valence-electron chi connectivity index (χ2n) is 20.2. The van der Waals surface area contributed by atoms with Gasteiger partial charge in [0.1, 0.15) is 0 Å². The SMILES string of the molecule is c1ccc(-c2ccc(N(c3ccc(-c4ccccc4)cc3)c3ccc(-c4ccc(N(c5ccccc5)c5ccc(-c6ccc(N(c7ccc(-c8ccccc8)cc7)c7ccc(-c8ccccc8)cc7)cc6)cc5)cc4)cc3)cc2)cc1. The predicted molar refractivity (Wildman–Crippen MR) is 343 cm³/mol. The summed E-state index contributed by atoms with van der Waals surface area (Å²) in [4.78, 5) is 7.00. The Kier molecular flexibility index (Phi) is 14.2. The molecule has 0 saturated heterocycles. The quantitative estimate of drug-likeness (QED) is 0.101. The summed E-state index contributed by atoms with van der Waals surface area (Å²) < 4.78 is 0. The molecule has 0 radical (unpaired) electrons. The topological polar surface area (TPSA) is 9.72 Å². The van der Waals surface area contributed by atoms with Gasteiger partial charge in [-0.3, -0.25) is 0 Å². The Labute approximate surface area is 475 Å². The molecule has 0 aliphatic heterocycles. The maximum atomic E-state index is 2.34. The molecule has 81 heavy (non-hydrogen) atoms. The minimum absolute atomic E-state index is 1.08. The Morgan fingerprint density at radius 3 is 0.358 bits per heavy atom. The molecule has 3 nitrogen and oxygen atoms in total. The fourth-order valence-electron chi connectivity index (χ4n) is 10.9. The highest BCUT2D eigenvalue weighted by Gasteiger charge is 2.18. The lowest BCUT2D eigenvalue weighted by molar-refractivity contribution is 1.28. The summed E-state index contributed by atoms with van der Waals surface area (Å²) in [6.07, 6.45) is 0. The van der Waals surface area contributed by atoms with Crippen LogP contribution in [0.15, 0.2) is 346 Å². The van der Waals surface area contributed by atoms with Crippen molar-refractivity contribution in [2.45, 2.75) is 0 Å². The summed E-state index contributed by atoms with van der Waals surface area (Å²) in [6.45, 7) is 0. The average Bonchev–Trinajstić information content (AvgIpc) is 3.56. The smallest absolute Gasteiger partial charge is 0.0462 e. The lowest BCUT2D eigenvalue weighted by Gasteiger charge is -2.27. The Bertz CT molecular complexity index is 3680. The molecule has 0 spiro atoms. The lowest BCUT2D eigenvalue weighted by atomic mass is 10.0. The minimum atomic E-state index is 1.08. The van der Waals surface area contributed by atoms with Crippen LogP contribution in [0.2, 0.25) is 0 Å². The van der Waals surface area contributed by atoms with Crippen LogP contribution in [-0.2, 0) is 0 Å². The Balaban J connectivity index is 0.759. The highest BCUT2D eigenvalue weighted by Crippen LogP contribution is 2.42. The van der Waals surface area contributed by atoms with Crippen molar-refractivity contribution >= 4 is 51.2 Å².